The van der Waals surface area contributed by atoms with E-state index in [9.17, 15) is 14.0 Å². The summed E-state index contributed by atoms with van der Waals surface area (Å²) >= 11 is 0. The maximum absolute atomic E-state index is 13.2. The monoisotopic (exact) mass is 439 g/mol. The van der Waals surface area contributed by atoms with Crippen molar-refractivity contribution in [1.29, 1.82) is 0 Å². The van der Waals surface area contributed by atoms with Crippen LogP contribution < -0.4 is 5.32 Å². The Morgan fingerprint density at radius 2 is 1.55 bits per heavy atom. The lowest BCUT2D eigenvalue weighted by molar-refractivity contribution is -0.123. The van der Waals surface area contributed by atoms with Crippen LogP contribution in [0, 0.1) is 12.7 Å². The van der Waals surface area contributed by atoms with Gasteiger partial charge in [0, 0.05) is 29.2 Å². The molecule has 3 amide bonds. The highest BCUT2D eigenvalue weighted by Gasteiger charge is 2.33. The van der Waals surface area contributed by atoms with Gasteiger partial charge < -0.3 is 9.88 Å². The number of para-hydroxylation sites is 1. The van der Waals surface area contributed by atoms with Gasteiger partial charge in [0.15, 0.2) is 0 Å². The third-order valence-corrected chi connectivity index (χ3v) is 5.81. The van der Waals surface area contributed by atoms with Gasteiger partial charge in [0.25, 0.3) is 5.91 Å². The number of fused-ring (bicyclic) bond motifs is 1. The molecule has 2 heterocycles. The minimum atomic E-state index is -0.487. The summed E-state index contributed by atoms with van der Waals surface area (Å²) in [6.45, 7) is 2.84. The largest absolute Gasteiger partial charge is 0.342 e. The fraction of sp³-hybridized carbons (Fsp3) is 0.111. The lowest BCUT2D eigenvalue weighted by atomic mass is 10.1. The molecule has 164 valence electrons. The number of aryl methyl sites for hydroxylation is 1. The van der Waals surface area contributed by atoms with Crippen molar-refractivity contribution in [2.24, 2.45) is 0 Å². The fourth-order valence-electron chi connectivity index (χ4n) is 4.05. The van der Waals surface area contributed by atoms with E-state index in [4.69, 9.17) is 0 Å². The summed E-state index contributed by atoms with van der Waals surface area (Å²) in [4.78, 5) is 26.5. The van der Waals surface area contributed by atoms with Crippen LogP contribution in [-0.2, 0) is 17.9 Å². The minimum Gasteiger partial charge on any atom is -0.342 e. The van der Waals surface area contributed by atoms with Crippen LogP contribution >= 0.6 is 0 Å². The summed E-state index contributed by atoms with van der Waals surface area (Å²) < 4.78 is 15.3. The molecule has 33 heavy (non-hydrogen) atoms. The molecule has 0 aliphatic carbocycles. The number of urea groups is 1. The third-order valence-electron chi connectivity index (χ3n) is 5.81. The second-order valence-corrected chi connectivity index (χ2v) is 8.22. The molecule has 1 saturated heterocycles. The number of amides is 3. The van der Waals surface area contributed by atoms with E-state index in [2.05, 4.69) is 41.1 Å². The Morgan fingerprint density at radius 1 is 0.879 bits per heavy atom. The Balaban J connectivity index is 1.45. The number of carbonyl (C=O) groups excluding carboxylic acids is 2. The predicted octanol–water partition coefficient (Wildman–Crippen LogP) is 5.23. The van der Waals surface area contributed by atoms with Gasteiger partial charge in [-0.2, -0.15) is 0 Å². The maximum Gasteiger partial charge on any atom is 0.329 e. The first-order valence-electron chi connectivity index (χ1n) is 10.7. The Bertz CT molecular complexity index is 1390. The number of aromatic nitrogens is 1. The Morgan fingerprint density at radius 3 is 2.30 bits per heavy atom. The average Bonchev–Trinajstić information content (AvgIpc) is 3.29. The molecule has 5 rings (SSSR count). The van der Waals surface area contributed by atoms with Gasteiger partial charge in [-0.05, 0) is 42.3 Å². The summed E-state index contributed by atoms with van der Waals surface area (Å²) in [6, 6.07) is 21.7. The summed E-state index contributed by atoms with van der Waals surface area (Å²) in [7, 11) is 0. The topological polar surface area (TPSA) is 54.3 Å². The zero-order chi connectivity index (χ0) is 22.9. The molecule has 0 atom stereocenters. The number of carbonyl (C=O) groups is 2. The van der Waals surface area contributed by atoms with E-state index in [1.807, 2.05) is 30.5 Å². The van der Waals surface area contributed by atoms with Crippen molar-refractivity contribution in [2.45, 2.75) is 20.0 Å². The van der Waals surface area contributed by atoms with E-state index < -0.39 is 11.9 Å². The van der Waals surface area contributed by atoms with Crippen molar-refractivity contribution in [3.8, 4) is 0 Å². The van der Waals surface area contributed by atoms with E-state index in [-0.39, 0.29) is 18.1 Å². The van der Waals surface area contributed by atoms with Crippen molar-refractivity contribution in [2.75, 3.05) is 0 Å². The molecule has 1 N–H and O–H groups in total. The molecule has 0 unspecified atom stereocenters. The molecule has 0 bridgehead atoms. The molecule has 1 aromatic heterocycles. The first-order chi connectivity index (χ1) is 16.0. The van der Waals surface area contributed by atoms with Gasteiger partial charge in [-0.3, -0.25) is 9.69 Å². The number of benzene rings is 3. The number of halogens is 1. The van der Waals surface area contributed by atoms with Crippen molar-refractivity contribution >= 4 is 28.9 Å². The minimum absolute atomic E-state index is 0.0808. The van der Waals surface area contributed by atoms with Gasteiger partial charge in [-0.25, -0.2) is 9.18 Å². The van der Waals surface area contributed by atoms with Gasteiger partial charge >= 0.3 is 6.03 Å². The molecule has 0 spiro atoms. The highest BCUT2D eigenvalue weighted by Crippen LogP contribution is 2.26. The molecule has 1 fully saturated rings. The normalized spacial score (nSPS) is 15.0. The van der Waals surface area contributed by atoms with Crippen LogP contribution in [0.15, 0.2) is 84.7 Å². The molecular formula is C27H22FN3O2. The molecule has 0 saturated carbocycles. The number of rotatable bonds is 5. The molecule has 6 heteroatoms. The molecular weight excluding hydrogens is 417 g/mol. The lowest BCUT2D eigenvalue weighted by Gasteiger charge is -2.11. The zero-order valence-electron chi connectivity index (χ0n) is 18.1. The van der Waals surface area contributed by atoms with Gasteiger partial charge in [0.05, 0.1) is 6.54 Å². The van der Waals surface area contributed by atoms with E-state index in [0.29, 0.717) is 12.1 Å². The van der Waals surface area contributed by atoms with Gasteiger partial charge in [-0.15, -0.1) is 0 Å². The molecule has 1 aliphatic heterocycles. The maximum atomic E-state index is 13.2. The van der Waals surface area contributed by atoms with Crippen LogP contribution in [0.4, 0.5) is 9.18 Å². The first-order valence-corrected chi connectivity index (χ1v) is 10.7. The van der Waals surface area contributed by atoms with Crippen LogP contribution in [0.5, 0.6) is 0 Å². The zero-order valence-corrected chi connectivity index (χ0v) is 18.1. The summed E-state index contributed by atoms with van der Waals surface area (Å²) in [5.41, 5.74) is 5.18. The van der Waals surface area contributed by atoms with Crippen LogP contribution in [0.2, 0.25) is 0 Å². The van der Waals surface area contributed by atoms with Crippen LogP contribution in [0.3, 0.4) is 0 Å². The Hall–Kier alpha value is -4.19. The summed E-state index contributed by atoms with van der Waals surface area (Å²) in [5.74, 6) is -0.766. The van der Waals surface area contributed by atoms with Crippen LogP contribution in [-0.4, -0.2) is 21.4 Å². The highest BCUT2D eigenvalue weighted by molar-refractivity contribution is 6.14. The standard InChI is InChI=1S/C27H22FN3O2/c1-18-6-8-19(9-7-18)15-30-17-21(23-4-2-3-5-25(23)30)14-24-26(32)31(27(33)29-24)16-20-10-12-22(28)13-11-20/h2-14,17H,15-16H2,1H3,(H,29,33). The van der Waals surface area contributed by atoms with E-state index in [0.717, 1.165) is 21.4 Å². The molecule has 3 aromatic carbocycles. The number of hydrogen-bond donors (Lipinski definition) is 1. The molecule has 0 radical (unpaired) electrons. The lowest BCUT2D eigenvalue weighted by Crippen LogP contribution is -2.30. The van der Waals surface area contributed by atoms with E-state index in [1.165, 1.54) is 23.3 Å². The second-order valence-electron chi connectivity index (χ2n) is 8.22. The molecule has 1 aliphatic rings. The van der Waals surface area contributed by atoms with E-state index in [1.54, 1.807) is 18.2 Å². The molecule has 5 nitrogen and oxygen atoms in total. The smallest absolute Gasteiger partial charge is 0.329 e. The second kappa shape index (κ2) is 8.39. The first kappa shape index (κ1) is 20.7. The number of nitrogens with one attached hydrogen (secondary N) is 1. The van der Waals surface area contributed by atoms with Crippen LogP contribution in [0.25, 0.3) is 17.0 Å². The number of imide groups is 1. The average molecular weight is 439 g/mol. The van der Waals surface area contributed by atoms with Crippen molar-refractivity contribution < 1.29 is 14.0 Å². The van der Waals surface area contributed by atoms with Crippen molar-refractivity contribution in [1.82, 2.24) is 14.8 Å². The molecule has 4 aromatic rings. The van der Waals surface area contributed by atoms with E-state index >= 15 is 0 Å². The highest BCUT2D eigenvalue weighted by atomic mass is 19.1. The van der Waals surface area contributed by atoms with Gasteiger partial charge in [-0.1, -0.05) is 60.2 Å². The van der Waals surface area contributed by atoms with Gasteiger partial charge in [0.2, 0.25) is 0 Å². The van der Waals surface area contributed by atoms with Crippen molar-refractivity contribution in [3.05, 3.63) is 113 Å². The predicted molar refractivity (Wildman–Crippen MR) is 126 cm³/mol. The fourth-order valence-corrected chi connectivity index (χ4v) is 4.05. The Labute approximate surface area is 190 Å². The number of hydrogen-bond acceptors (Lipinski definition) is 2. The quantitative estimate of drug-likeness (QED) is 0.342. The van der Waals surface area contributed by atoms with Crippen LogP contribution in [0.1, 0.15) is 22.3 Å². The SMILES string of the molecule is Cc1ccc(Cn2cc(C=C3NC(=O)N(Cc4ccc(F)cc4)C3=O)c3ccccc32)cc1. The summed E-state index contributed by atoms with van der Waals surface area (Å²) in [5, 5.41) is 3.68. The summed E-state index contributed by atoms with van der Waals surface area (Å²) in [6.07, 6.45) is 3.72. The Kier molecular flexibility index (Phi) is 5.26. The van der Waals surface area contributed by atoms with Crippen molar-refractivity contribution in [3.63, 3.8) is 0 Å². The third kappa shape index (κ3) is 4.15. The van der Waals surface area contributed by atoms with Gasteiger partial charge in [0.1, 0.15) is 11.5 Å². The number of nitrogens with zero attached hydrogens (tertiary/aromatic N) is 2.